The highest BCUT2D eigenvalue weighted by molar-refractivity contribution is 6.21. The maximum atomic E-state index is 12.4. The third-order valence-corrected chi connectivity index (χ3v) is 3.96. The molecular formula is C15H18N2O2. The largest absolute Gasteiger partial charge is 0.315 e. The summed E-state index contributed by atoms with van der Waals surface area (Å²) in [6, 6.07) is 5.48. The van der Waals surface area contributed by atoms with Crippen LogP contribution in [0, 0.1) is 6.92 Å². The SMILES string of the molecule is Cc1ccc2c(c1)C(=O)N(C1CCCCNC1)C2=O. The lowest BCUT2D eigenvalue weighted by atomic mass is 10.1. The molecule has 3 rings (SSSR count). The summed E-state index contributed by atoms with van der Waals surface area (Å²) in [7, 11) is 0. The van der Waals surface area contributed by atoms with E-state index in [0.717, 1.165) is 31.4 Å². The molecule has 4 nitrogen and oxygen atoms in total. The molecule has 2 amide bonds. The zero-order valence-corrected chi connectivity index (χ0v) is 11.1. The van der Waals surface area contributed by atoms with Gasteiger partial charge in [-0.05, 0) is 38.4 Å². The molecule has 0 aliphatic carbocycles. The Kier molecular flexibility index (Phi) is 3.11. The molecule has 2 aliphatic heterocycles. The molecule has 1 saturated heterocycles. The van der Waals surface area contributed by atoms with Crippen molar-refractivity contribution in [1.82, 2.24) is 10.2 Å². The molecule has 0 radical (unpaired) electrons. The maximum Gasteiger partial charge on any atom is 0.261 e. The summed E-state index contributed by atoms with van der Waals surface area (Å²) >= 11 is 0. The van der Waals surface area contributed by atoms with E-state index in [0.29, 0.717) is 17.7 Å². The molecule has 0 aromatic heterocycles. The molecule has 4 heteroatoms. The summed E-state index contributed by atoms with van der Waals surface area (Å²) in [4.78, 5) is 26.3. The van der Waals surface area contributed by atoms with E-state index in [1.165, 1.54) is 4.90 Å². The van der Waals surface area contributed by atoms with Crippen LogP contribution in [0.25, 0.3) is 0 Å². The van der Waals surface area contributed by atoms with Crippen LogP contribution in [0.2, 0.25) is 0 Å². The number of carbonyl (C=O) groups excluding carboxylic acids is 2. The van der Waals surface area contributed by atoms with E-state index in [9.17, 15) is 9.59 Å². The minimum absolute atomic E-state index is 0.00444. The van der Waals surface area contributed by atoms with Gasteiger partial charge >= 0.3 is 0 Å². The molecule has 1 aromatic rings. The van der Waals surface area contributed by atoms with Gasteiger partial charge in [0.15, 0.2) is 0 Å². The normalized spacial score (nSPS) is 23.4. The first kappa shape index (κ1) is 12.4. The Balaban J connectivity index is 1.93. The van der Waals surface area contributed by atoms with E-state index in [1.54, 1.807) is 6.07 Å². The zero-order chi connectivity index (χ0) is 13.4. The Morgan fingerprint density at radius 2 is 1.95 bits per heavy atom. The Hall–Kier alpha value is -1.68. The number of aryl methyl sites for hydroxylation is 1. The summed E-state index contributed by atoms with van der Waals surface area (Å²) < 4.78 is 0. The van der Waals surface area contributed by atoms with Crippen LogP contribution in [0.1, 0.15) is 45.5 Å². The van der Waals surface area contributed by atoms with Crippen LogP contribution in [-0.2, 0) is 0 Å². The van der Waals surface area contributed by atoms with E-state index in [-0.39, 0.29) is 17.9 Å². The van der Waals surface area contributed by atoms with E-state index >= 15 is 0 Å². The van der Waals surface area contributed by atoms with E-state index < -0.39 is 0 Å². The van der Waals surface area contributed by atoms with Crippen molar-refractivity contribution in [2.45, 2.75) is 32.2 Å². The number of rotatable bonds is 1. The lowest BCUT2D eigenvalue weighted by molar-refractivity contribution is 0.0579. The van der Waals surface area contributed by atoms with Gasteiger partial charge in [0.25, 0.3) is 11.8 Å². The van der Waals surface area contributed by atoms with Gasteiger partial charge in [-0.2, -0.15) is 0 Å². The van der Waals surface area contributed by atoms with Gasteiger partial charge < -0.3 is 5.32 Å². The second-order valence-electron chi connectivity index (χ2n) is 5.38. The molecule has 0 bridgehead atoms. The van der Waals surface area contributed by atoms with Crippen molar-refractivity contribution in [3.05, 3.63) is 34.9 Å². The van der Waals surface area contributed by atoms with Crippen LogP contribution >= 0.6 is 0 Å². The Labute approximate surface area is 112 Å². The topological polar surface area (TPSA) is 49.4 Å². The van der Waals surface area contributed by atoms with Gasteiger partial charge in [0.2, 0.25) is 0 Å². The standard InChI is InChI=1S/C15H18N2O2/c1-10-5-6-12-13(8-10)15(19)17(14(12)18)11-4-2-3-7-16-9-11/h5-6,8,11,16H,2-4,7,9H2,1H3. The van der Waals surface area contributed by atoms with Crippen molar-refractivity contribution < 1.29 is 9.59 Å². The van der Waals surface area contributed by atoms with Gasteiger partial charge in [0, 0.05) is 6.54 Å². The number of hydrogen-bond donors (Lipinski definition) is 1. The summed E-state index contributed by atoms with van der Waals surface area (Å²) in [5, 5.41) is 3.31. The monoisotopic (exact) mass is 258 g/mol. The van der Waals surface area contributed by atoms with Crippen molar-refractivity contribution in [2.24, 2.45) is 0 Å². The minimum atomic E-state index is -0.131. The number of benzene rings is 1. The van der Waals surface area contributed by atoms with Gasteiger partial charge in [0.05, 0.1) is 17.2 Å². The average Bonchev–Trinajstić information content (AvgIpc) is 2.62. The Bertz CT molecular complexity index is 531. The molecule has 2 aliphatic rings. The third kappa shape index (κ3) is 2.06. The van der Waals surface area contributed by atoms with Gasteiger partial charge in [-0.25, -0.2) is 0 Å². The fraction of sp³-hybridized carbons (Fsp3) is 0.467. The molecule has 19 heavy (non-hydrogen) atoms. The highest BCUT2D eigenvalue weighted by Gasteiger charge is 2.39. The number of imide groups is 1. The summed E-state index contributed by atoms with van der Waals surface area (Å²) in [5.74, 6) is -0.258. The van der Waals surface area contributed by atoms with E-state index in [1.807, 2.05) is 19.1 Å². The van der Waals surface area contributed by atoms with Crippen LogP contribution in [0.3, 0.4) is 0 Å². The lowest BCUT2D eigenvalue weighted by Crippen LogP contribution is -2.44. The van der Waals surface area contributed by atoms with Crippen molar-refractivity contribution in [2.75, 3.05) is 13.1 Å². The van der Waals surface area contributed by atoms with Crippen LogP contribution in [0.4, 0.5) is 0 Å². The van der Waals surface area contributed by atoms with Crippen molar-refractivity contribution in [3.63, 3.8) is 0 Å². The van der Waals surface area contributed by atoms with Crippen molar-refractivity contribution in [3.8, 4) is 0 Å². The van der Waals surface area contributed by atoms with Gasteiger partial charge in [-0.15, -0.1) is 0 Å². The molecule has 2 heterocycles. The van der Waals surface area contributed by atoms with E-state index in [2.05, 4.69) is 5.32 Å². The number of nitrogens with zero attached hydrogens (tertiary/aromatic N) is 1. The fourth-order valence-corrected chi connectivity index (χ4v) is 2.93. The van der Waals surface area contributed by atoms with Crippen LogP contribution in [0.15, 0.2) is 18.2 Å². The zero-order valence-electron chi connectivity index (χ0n) is 11.1. The summed E-state index contributed by atoms with van der Waals surface area (Å²) in [5.41, 5.74) is 2.13. The predicted octanol–water partition coefficient (Wildman–Crippen LogP) is 1.73. The molecule has 0 spiro atoms. The Morgan fingerprint density at radius 3 is 2.79 bits per heavy atom. The smallest absolute Gasteiger partial charge is 0.261 e. The van der Waals surface area contributed by atoms with Crippen molar-refractivity contribution >= 4 is 11.8 Å². The van der Waals surface area contributed by atoms with E-state index in [4.69, 9.17) is 0 Å². The molecule has 1 unspecified atom stereocenters. The molecule has 1 fully saturated rings. The predicted molar refractivity (Wildman–Crippen MR) is 72.2 cm³/mol. The number of amides is 2. The van der Waals surface area contributed by atoms with Gasteiger partial charge in [0.1, 0.15) is 0 Å². The fourth-order valence-electron chi connectivity index (χ4n) is 2.93. The first-order valence-corrected chi connectivity index (χ1v) is 6.88. The summed E-state index contributed by atoms with van der Waals surface area (Å²) in [6.07, 6.45) is 3.07. The Morgan fingerprint density at radius 1 is 1.16 bits per heavy atom. The third-order valence-electron chi connectivity index (χ3n) is 3.96. The molecular weight excluding hydrogens is 240 g/mol. The molecule has 1 atom stereocenters. The first-order valence-electron chi connectivity index (χ1n) is 6.88. The molecule has 100 valence electrons. The highest BCUT2D eigenvalue weighted by atomic mass is 16.2. The first-order chi connectivity index (χ1) is 9.18. The van der Waals surface area contributed by atoms with Crippen LogP contribution < -0.4 is 5.32 Å². The lowest BCUT2D eigenvalue weighted by Gasteiger charge is -2.24. The number of fused-ring (bicyclic) bond motifs is 1. The minimum Gasteiger partial charge on any atom is -0.315 e. The number of nitrogens with one attached hydrogen (secondary N) is 1. The second kappa shape index (κ2) is 4.78. The number of hydrogen-bond acceptors (Lipinski definition) is 3. The van der Waals surface area contributed by atoms with Crippen molar-refractivity contribution in [1.29, 1.82) is 0 Å². The molecule has 1 N–H and O–H groups in total. The molecule has 1 aromatic carbocycles. The van der Waals surface area contributed by atoms with Gasteiger partial charge in [-0.3, -0.25) is 14.5 Å². The maximum absolute atomic E-state index is 12.4. The summed E-state index contributed by atoms with van der Waals surface area (Å²) in [6.45, 7) is 3.62. The average molecular weight is 258 g/mol. The highest BCUT2D eigenvalue weighted by Crippen LogP contribution is 2.27. The van der Waals surface area contributed by atoms with Gasteiger partial charge in [-0.1, -0.05) is 18.1 Å². The quantitative estimate of drug-likeness (QED) is 0.780. The second-order valence-corrected chi connectivity index (χ2v) is 5.38. The molecule has 0 saturated carbocycles. The number of carbonyl (C=O) groups is 2. The van der Waals surface area contributed by atoms with Crippen LogP contribution in [-0.4, -0.2) is 35.8 Å². The van der Waals surface area contributed by atoms with Crippen LogP contribution in [0.5, 0.6) is 0 Å².